The number of carbonyl (C=O) groups is 1. The van der Waals surface area contributed by atoms with Crippen LogP contribution in [0.5, 0.6) is 5.75 Å². The number of rotatable bonds is 3. The fourth-order valence-corrected chi connectivity index (χ4v) is 2.67. The lowest BCUT2D eigenvalue weighted by Crippen LogP contribution is -2.33. The fourth-order valence-electron chi connectivity index (χ4n) is 2.34. The molecule has 1 aromatic carbocycles. The summed E-state index contributed by atoms with van der Waals surface area (Å²) in [7, 11) is 0. The van der Waals surface area contributed by atoms with Gasteiger partial charge in [0.2, 0.25) is 12.0 Å². The number of hydrogen-bond donors (Lipinski definition) is 2. The molecule has 0 radical (unpaired) electrons. The molecule has 0 spiro atoms. The Kier molecular flexibility index (Phi) is 3.60. The summed E-state index contributed by atoms with van der Waals surface area (Å²) in [5.41, 5.74) is -0.0762. The van der Waals surface area contributed by atoms with Crippen LogP contribution in [0.4, 0.5) is 5.69 Å². The number of benzene rings is 1. The van der Waals surface area contributed by atoms with Crippen molar-refractivity contribution >= 4 is 29.3 Å². The molecular formula is C13H13ClN2O3. The highest BCUT2D eigenvalue weighted by Gasteiger charge is 2.43. The molecule has 0 aliphatic heterocycles. The lowest BCUT2D eigenvalue weighted by atomic mass is 9.71. The monoisotopic (exact) mass is 280 g/mol. The number of phenols is 1. The summed E-state index contributed by atoms with van der Waals surface area (Å²) >= 11 is 6.17. The Bertz CT molecular complexity index is 575. The molecule has 1 aliphatic rings. The zero-order chi connectivity index (χ0) is 14.0. The second kappa shape index (κ2) is 5.03. The average molecular weight is 281 g/mol. The number of hydrogen-bond acceptors (Lipinski definition) is 4. The molecule has 1 amide bonds. The molecule has 1 saturated carbocycles. The van der Waals surface area contributed by atoms with Gasteiger partial charge in [0.05, 0.1) is 5.69 Å². The summed E-state index contributed by atoms with van der Waals surface area (Å²) in [6, 6.07) is 2.92. The third-order valence-electron chi connectivity index (χ3n) is 3.34. The average Bonchev–Trinajstić information content (AvgIpc) is 2.29. The zero-order valence-electron chi connectivity index (χ0n) is 10.4. The molecular weight excluding hydrogens is 268 g/mol. The van der Waals surface area contributed by atoms with Crippen LogP contribution in [0, 0.1) is 0 Å². The van der Waals surface area contributed by atoms with E-state index in [1.807, 2.05) is 0 Å². The number of phenolic OH excluding ortho intramolecular Hbond substituents is 1. The van der Waals surface area contributed by atoms with E-state index in [1.165, 1.54) is 19.1 Å². The Morgan fingerprint density at radius 1 is 1.53 bits per heavy atom. The first-order valence-electron chi connectivity index (χ1n) is 5.89. The maximum absolute atomic E-state index is 11.2. The topological polar surface area (TPSA) is 78.8 Å². The molecule has 19 heavy (non-hydrogen) atoms. The van der Waals surface area contributed by atoms with E-state index >= 15 is 0 Å². The van der Waals surface area contributed by atoms with E-state index in [0.717, 1.165) is 6.42 Å². The van der Waals surface area contributed by atoms with Crippen LogP contribution >= 0.6 is 11.6 Å². The van der Waals surface area contributed by atoms with Crippen molar-refractivity contribution in [3.05, 3.63) is 22.7 Å². The minimum atomic E-state index is -0.782. The molecule has 6 heteroatoms. The maximum Gasteiger partial charge on any atom is 0.235 e. The van der Waals surface area contributed by atoms with Crippen molar-refractivity contribution in [3.63, 3.8) is 0 Å². The van der Waals surface area contributed by atoms with Gasteiger partial charge in [0.25, 0.3) is 0 Å². The molecule has 2 N–H and O–H groups in total. The summed E-state index contributed by atoms with van der Waals surface area (Å²) in [5, 5.41) is 12.8. The summed E-state index contributed by atoms with van der Waals surface area (Å²) in [6.07, 6.45) is 3.73. The lowest BCUT2D eigenvalue weighted by molar-refractivity contribution is -0.114. The number of carbonyl (C=O) groups excluding carboxylic acids is 2. The number of nitrogens with zero attached hydrogens (tertiary/aromatic N) is 1. The normalized spacial score (nSPS) is 16.1. The minimum Gasteiger partial charge on any atom is -0.506 e. The van der Waals surface area contributed by atoms with Gasteiger partial charge in [-0.25, -0.2) is 4.79 Å². The molecule has 0 bridgehead atoms. The van der Waals surface area contributed by atoms with Gasteiger partial charge >= 0.3 is 0 Å². The third-order valence-corrected chi connectivity index (χ3v) is 3.65. The Morgan fingerprint density at radius 3 is 2.68 bits per heavy atom. The van der Waals surface area contributed by atoms with Crippen LogP contribution in [-0.4, -0.2) is 17.1 Å². The molecule has 2 rings (SSSR count). The van der Waals surface area contributed by atoms with Crippen LogP contribution in [0.25, 0.3) is 0 Å². The highest BCUT2D eigenvalue weighted by molar-refractivity contribution is 6.32. The molecule has 0 heterocycles. The molecule has 0 aromatic heterocycles. The number of aromatic hydroxyl groups is 1. The Hall–Kier alpha value is -1.84. The van der Waals surface area contributed by atoms with Gasteiger partial charge in [-0.2, -0.15) is 4.99 Å². The van der Waals surface area contributed by atoms with E-state index in [9.17, 15) is 14.7 Å². The van der Waals surface area contributed by atoms with Crippen molar-refractivity contribution in [1.82, 2.24) is 0 Å². The Balaban J connectivity index is 2.63. The Morgan fingerprint density at radius 2 is 2.21 bits per heavy atom. The highest BCUT2D eigenvalue weighted by atomic mass is 35.5. The van der Waals surface area contributed by atoms with E-state index in [-0.39, 0.29) is 17.3 Å². The van der Waals surface area contributed by atoms with Crippen LogP contribution in [0.2, 0.25) is 5.02 Å². The van der Waals surface area contributed by atoms with Crippen LogP contribution in [0.3, 0.4) is 0 Å². The first-order valence-corrected chi connectivity index (χ1v) is 6.26. The van der Waals surface area contributed by atoms with Gasteiger partial charge in [0.15, 0.2) is 0 Å². The largest absolute Gasteiger partial charge is 0.506 e. The van der Waals surface area contributed by atoms with Crippen LogP contribution in [0.15, 0.2) is 17.1 Å². The number of nitrogens with one attached hydrogen (secondary N) is 1. The molecule has 1 aromatic rings. The first-order chi connectivity index (χ1) is 9.00. The second-order valence-corrected chi connectivity index (χ2v) is 4.99. The summed E-state index contributed by atoms with van der Waals surface area (Å²) in [5.74, 6) is -0.426. The van der Waals surface area contributed by atoms with Gasteiger partial charge in [-0.05, 0) is 31.4 Å². The van der Waals surface area contributed by atoms with Gasteiger partial charge in [-0.3, -0.25) is 4.79 Å². The molecule has 100 valence electrons. The van der Waals surface area contributed by atoms with Crippen molar-refractivity contribution in [2.75, 3.05) is 5.32 Å². The fraction of sp³-hybridized carbons (Fsp3) is 0.385. The summed E-state index contributed by atoms with van der Waals surface area (Å²) in [4.78, 5) is 25.7. The predicted molar refractivity (Wildman–Crippen MR) is 71.1 cm³/mol. The minimum absolute atomic E-state index is 0.0954. The van der Waals surface area contributed by atoms with Gasteiger partial charge in [0.1, 0.15) is 11.3 Å². The van der Waals surface area contributed by atoms with Crippen molar-refractivity contribution in [3.8, 4) is 5.75 Å². The zero-order valence-corrected chi connectivity index (χ0v) is 11.1. The molecule has 0 atom stereocenters. The van der Waals surface area contributed by atoms with Crippen LogP contribution < -0.4 is 5.32 Å². The predicted octanol–water partition coefficient (Wildman–Crippen LogP) is 2.72. The van der Waals surface area contributed by atoms with Gasteiger partial charge in [-0.1, -0.05) is 11.6 Å². The molecule has 0 saturated heterocycles. The van der Waals surface area contributed by atoms with E-state index in [1.54, 1.807) is 6.08 Å². The van der Waals surface area contributed by atoms with E-state index in [0.29, 0.717) is 23.4 Å². The van der Waals surface area contributed by atoms with Crippen molar-refractivity contribution in [2.24, 2.45) is 4.99 Å². The number of halogens is 1. The molecule has 5 nitrogen and oxygen atoms in total. The van der Waals surface area contributed by atoms with Crippen molar-refractivity contribution in [1.29, 1.82) is 0 Å². The highest BCUT2D eigenvalue weighted by Crippen LogP contribution is 2.51. The van der Waals surface area contributed by atoms with Crippen LogP contribution in [0.1, 0.15) is 31.7 Å². The SMILES string of the molecule is CC(=O)Nc1c(O)ccc(Cl)c1C1(N=C=O)CCC1. The van der Waals surface area contributed by atoms with Crippen molar-refractivity contribution < 1.29 is 14.7 Å². The smallest absolute Gasteiger partial charge is 0.235 e. The maximum atomic E-state index is 11.2. The number of aliphatic imine (C=N–C) groups is 1. The number of anilines is 1. The molecule has 1 fully saturated rings. The second-order valence-electron chi connectivity index (χ2n) is 4.59. The lowest BCUT2D eigenvalue weighted by Gasteiger charge is -2.38. The molecule has 0 unspecified atom stereocenters. The quantitative estimate of drug-likeness (QED) is 0.507. The summed E-state index contributed by atoms with van der Waals surface area (Å²) in [6.45, 7) is 1.33. The third kappa shape index (κ3) is 2.35. The standard InChI is InChI=1S/C13H13ClN2O3/c1-8(18)16-12-10(19)4-3-9(14)11(12)13(15-7-17)5-2-6-13/h3-4,19H,2,5-6H2,1H3,(H,16,18). The van der Waals surface area contributed by atoms with E-state index in [2.05, 4.69) is 10.3 Å². The number of isocyanates is 1. The van der Waals surface area contributed by atoms with Gasteiger partial charge in [-0.15, -0.1) is 0 Å². The van der Waals surface area contributed by atoms with Crippen LogP contribution in [-0.2, 0) is 15.1 Å². The summed E-state index contributed by atoms with van der Waals surface area (Å²) < 4.78 is 0. The Labute approximate surface area is 115 Å². The van der Waals surface area contributed by atoms with E-state index < -0.39 is 5.54 Å². The molecule has 1 aliphatic carbocycles. The first kappa shape index (κ1) is 13.6. The van der Waals surface area contributed by atoms with Gasteiger partial charge < -0.3 is 10.4 Å². The van der Waals surface area contributed by atoms with Crippen molar-refractivity contribution in [2.45, 2.75) is 31.7 Å². The van der Waals surface area contributed by atoms with Gasteiger partial charge in [0, 0.05) is 17.5 Å². The van der Waals surface area contributed by atoms with E-state index in [4.69, 9.17) is 11.6 Å². The number of amides is 1.